The molecule has 0 amide bonds. The predicted molar refractivity (Wildman–Crippen MR) is 49.5 cm³/mol. The van der Waals surface area contributed by atoms with Gasteiger partial charge >= 0.3 is 5.97 Å². The molecule has 0 aliphatic carbocycles. The Kier molecular flexibility index (Phi) is 5.79. The summed E-state index contributed by atoms with van der Waals surface area (Å²) < 4.78 is 4.57. The van der Waals surface area contributed by atoms with Crippen LogP contribution < -0.4 is 0 Å². The third kappa shape index (κ3) is 4.26. The number of rotatable bonds is 5. The summed E-state index contributed by atoms with van der Waals surface area (Å²) in [6.45, 7) is 2.88. The Hall–Kier alpha value is -1.83. The number of oxime groups is 1. The molecule has 0 bridgehead atoms. The smallest absolute Gasteiger partial charge is 0.364 e. The minimum Gasteiger partial charge on any atom is -0.461 e. The maximum absolute atomic E-state index is 11.1. The molecule has 0 aliphatic heterocycles. The highest BCUT2D eigenvalue weighted by Gasteiger charge is 2.18. The Morgan fingerprint density at radius 2 is 2.14 bits per heavy atom. The van der Waals surface area contributed by atoms with Crippen LogP contribution in [0.15, 0.2) is 5.16 Å². The van der Waals surface area contributed by atoms with E-state index in [9.17, 15) is 9.59 Å². The maximum Gasteiger partial charge on any atom is 0.364 e. The minimum atomic E-state index is -0.808. The van der Waals surface area contributed by atoms with Gasteiger partial charge in [-0.25, -0.2) is 4.79 Å². The van der Waals surface area contributed by atoms with E-state index >= 15 is 0 Å². The first-order valence-electron chi connectivity index (χ1n) is 3.95. The molecule has 5 heteroatoms. The van der Waals surface area contributed by atoms with Crippen LogP contribution in [0.1, 0.15) is 13.8 Å². The van der Waals surface area contributed by atoms with Gasteiger partial charge in [0.2, 0.25) is 5.71 Å². The first kappa shape index (κ1) is 12.2. The zero-order valence-electron chi connectivity index (χ0n) is 8.07. The number of hydrogen-bond acceptors (Lipinski definition) is 5. The molecule has 0 radical (unpaired) electrons. The molecule has 0 aromatic heterocycles. The van der Waals surface area contributed by atoms with E-state index in [-0.39, 0.29) is 18.9 Å². The van der Waals surface area contributed by atoms with Gasteiger partial charge in [-0.1, -0.05) is 11.1 Å². The van der Waals surface area contributed by atoms with Crippen molar-refractivity contribution < 1.29 is 19.2 Å². The van der Waals surface area contributed by atoms with Crippen molar-refractivity contribution in [1.82, 2.24) is 0 Å². The topological polar surface area (TPSA) is 65.0 Å². The van der Waals surface area contributed by atoms with Crippen molar-refractivity contribution in [3.63, 3.8) is 0 Å². The molecule has 0 heterocycles. The van der Waals surface area contributed by atoms with Gasteiger partial charge in [-0.05, 0) is 6.92 Å². The Labute approximate surface area is 82.1 Å². The van der Waals surface area contributed by atoms with Crippen molar-refractivity contribution in [2.24, 2.45) is 5.16 Å². The number of esters is 1. The zero-order valence-corrected chi connectivity index (χ0v) is 8.07. The van der Waals surface area contributed by atoms with Crippen molar-refractivity contribution in [2.45, 2.75) is 13.8 Å². The van der Waals surface area contributed by atoms with E-state index in [1.807, 2.05) is 0 Å². The summed E-state index contributed by atoms with van der Waals surface area (Å²) in [5, 5.41) is 3.28. The second-order valence-corrected chi connectivity index (χ2v) is 2.19. The fourth-order valence-corrected chi connectivity index (χ4v) is 0.579. The molecular weight excluding hydrogens is 186 g/mol. The molecule has 14 heavy (non-hydrogen) atoms. The minimum absolute atomic E-state index is 0.101. The van der Waals surface area contributed by atoms with E-state index in [0.717, 1.165) is 0 Å². The summed E-state index contributed by atoms with van der Waals surface area (Å²) in [6.07, 6.45) is 4.88. The standard InChI is InChI=1S/C9H11NO4/c1-4-6-14-10-8(7(3)11)9(12)13-5-2/h1H,5-6H2,2-3H3. The fourth-order valence-electron chi connectivity index (χ4n) is 0.579. The third-order valence-electron chi connectivity index (χ3n) is 1.11. The number of ether oxygens (including phenoxy) is 1. The van der Waals surface area contributed by atoms with E-state index in [2.05, 4.69) is 20.7 Å². The second-order valence-electron chi connectivity index (χ2n) is 2.19. The average Bonchev–Trinajstić information content (AvgIpc) is 2.12. The number of terminal acetylenes is 1. The highest BCUT2D eigenvalue weighted by Crippen LogP contribution is 1.89. The molecule has 0 unspecified atom stereocenters. The molecule has 0 rings (SSSR count). The molecule has 0 aliphatic rings. The molecule has 0 saturated heterocycles. The molecule has 0 N–H and O–H groups in total. The normalized spacial score (nSPS) is 10.2. The molecule has 0 saturated carbocycles. The molecule has 0 atom stereocenters. The lowest BCUT2D eigenvalue weighted by Crippen LogP contribution is -2.24. The monoisotopic (exact) mass is 197 g/mol. The Morgan fingerprint density at radius 3 is 2.57 bits per heavy atom. The number of hydrogen-bond donors (Lipinski definition) is 0. The van der Waals surface area contributed by atoms with Crippen LogP contribution in [0, 0.1) is 12.3 Å². The van der Waals surface area contributed by atoms with Gasteiger partial charge in [-0.3, -0.25) is 4.79 Å². The number of carbonyl (C=O) groups excluding carboxylic acids is 2. The van der Waals surface area contributed by atoms with Crippen LogP contribution in [0.25, 0.3) is 0 Å². The number of nitrogens with zero attached hydrogens (tertiary/aromatic N) is 1. The van der Waals surface area contributed by atoms with Crippen LogP contribution in [0.2, 0.25) is 0 Å². The van der Waals surface area contributed by atoms with Gasteiger partial charge in [0, 0.05) is 6.92 Å². The van der Waals surface area contributed by atoms with Gasteiger partial charge in [0.05, 0.1) is 6.61 Å². The van der Waals surface area contributed by atoms with E-state index < -0.39 is 11.8 Å². The third-order valence-corrected chi connectivity index (χ3v) is 1.11. The summed E-state index contributed by atoms with van der Waals surface area (Å²) >= 11 is 0. The van der Waals surface area contributed by atoms with Crippen LogP contribution in [0.4, 0.5) is 0 Å². The zero-order chi connectivity index (χ0) is 11.0. The van der Waals surface area contributed by atoms with Gasteiger partial charge in [0.1, 0.15) is 0 Å². The van der Waals surface area contributed by atoms with Crippen LogP contribution in [-0.2, 0) is 19.2 Å². The molecule has 76 valence electrons. The average molecular weight is 197 g/mol. The van der Waals surface area contributed by atoms with Gasteiger partial charge in [0.15, 0.2) is 12.4 Å². The largest absolute Gasteiger partial charge is 0.461 e. The Balaban J connectivity index is 4.44. The maximum atomic E-state index is 11.1. The van der Waals surface area contributed by atoms with E-state index in [4.69, 9.17) is 6.42 Å². The van der Waals surface area contributed by atoms with E-state index in [0.29, 0.717) is 0 Å². The second kappa shape index (κ2) is 6.66. The SMILES string of the molecule is C#CCON=C(C(C)=O)C(=O)OCC. The van der Waals surface area contributed by atoms with Crippen molar-refractivity contribution in [3.05, 3.63) is 0 Å². The van der Waals surface area contributed by atoms with Crippen LogP contribution >= 0.6 is 0 Å². The molecule has 0 spiro atoms. The lowest BCUT2D eigenvalue weighted by molar-refractivity contribution is -0.135. The van der Waals surface area contributed by atoms with E-state index in [1.165, 1.54) is 6.92 Å². The highest BCUT2D eigenvalue weighted by molar-refractivity contribution is 6.63. The van der Waals surface area contributed by atoms with E-state index in [1.54, 1.807) is 6.92 Å². The van der Waals surface area contributed by atoms with Gasteiger partial charge in [-0.2, -0.15) is 0 Å². The Morgan fingerprint density at radius 1 is 1.50 bits per heavy atom. The molecule has 5 nitrogen and oxygen atoms in total. The predicted octanol–water partition coefficient (Wildman–Crippen LogP) is 0.144. The first-order chi connectivity index (χ1) is 6.63. The summed E-state index contributed by atoms with van der Waals surface area (Å²) in [7, 11) is 0. The summed E-state index contributed by atoms with van der Waals surface area (Å²) in [5.41, 5.74) is -0.387. The van der Waals surface area contributed by atoms with Crippen molar-refractivity contribution in [3.8, 4) is 12.3 Å². The first-order valence-corrected chi connectivity index (χ1v) is 3.95. The highest BCUT2D eigenvalue weighted by atomic mass is 16.6. The molecule has 0 aromatic carbocycles. The van der Waals surface area contributed by atoms with Crippen molar-refractivity contribution >= 4 is 17.5 Å². The summed E-state index contributed by atoms with van der Waals surface area (Å²) in [4.78, 5) is 26.5. The van der Waals surface area contributed by atoms with Gasteiger partial charge in [-0.15, -0.1) is 6.42 Å². The van der Waals surface area contributed by atoms with Crippen molar-refractivity contribution in [2.75, 3.05) is 13.2 Å². The summed E-state index contributed by atoms with van der Waals surface area (Å²) in [5.74, 6) is 0.805. The number of carbonyl (C=O) groups is 2. The summed E-state index contributed by atoms with van der Waals surface area (Å²) in [6, 6.07) is 0. The number of Topliss-reactive ketones (excluding diaryl/α,β-unsaturated/α-hetero) is 1. The fraction of sp³-hybridized carbons (Fsp3) is 0.444. The molecular formula is C9H11NO4. The number of ketones is 1. The Bertz CT molecular complexity index is 288. The molecule has 0 aromatic rings. The van der Waals surface area contributed by atoms with Gasteiger partial charge < -0.3 is 9.57 Å². The lowest BCUT2D eigenvalue weighted by atomic mass is 10.3. The van der Waals surface area contributed by atoms with Gasteiger partial charge in [0.25, 0.3) is 0 Å². The van der Waals surface area contributed by atoms with Crippen LogP contribution in [-0.4, -0.2) is 30.7 Å². The van der Waals surface area contributed by atoms with Crippen LogP contribution in [0.5, 0.6) is 0 Å². The lowest BCUT2D eigenvalue weighted by Gasteiger charge is -2.01. The molecule has 0 fully saturated rings. The van der Waals surface area contributed by atoms with Crippen LogP contribution in [0.3, 0.4) is 0 Å². The van der Waals surface area contributed by atoms with Crippen molar-refractivity contribution in [1.29, 1.82) is 0 Å². The quantitative estimate of drug-likeness (QED) is 0.157.